The first-order valence-electron chi connectivity index (χ1n) is 7.79. The summed E-state index contributed by atoms with van der Waals surface area (Å²) in [4.78, 5) is 14.7. The van der Waals surface area contributed by atoms with E-state index in [1.807, 2.05) is 41.3 Å². The van der Waals surface area contributed by atoms with Gasteiger partial charge in [0.25, 0.3) is 0 Å². The smallest absolute Gasteiger partial charge is 0.210 e. The normalized spacial score (nSPS) is 11.9. The molecule has 2 aromatic rings. The molecule has 2 rings (SSSR count). The largest absolute Gasteiger partial charge is 0.337 e. The van der Waals surface area contributed by atoms with Gasteiger partial charge in [-0.15, -0.1) is 11.8 Å². The number of hydrogen-bond donors (Lipinski definition) is 0. The summed E-state index contributed by atoms with van der Waals surface area (Å²) in [5.74, 6) is 0.913. The van der Waals surface area contributed by atoms with E-state index in [4.69, 9.17) is 0 Å². The second kappa shape index (κ2) is 9.31. The molecule has 0 spiro atoms. The number of rotatable bonds is 9. The molecule has 22 heavy (non-hydrogen) atoms. The highest BCUT2D eigenvalue weighted by molar-refractivity contribution is 7.99. The van der Waals surface area contributed by atoms with Gasteiger partial charge < -0.3 is 4.90 Å². The average Bonchev–Trinajstić information content (AvgIpc) is 2.59. The minimum absolute atomic E-state index is 0.181. The van der Waals surface area contributed by atoms with E-state index in [2.05, 4.69) is 31.2 Å². The Balaban J connectivity index is 1.97. The van der Waals surface area contributed by atoms with Gasteiger partial charge in [0.1, 0.15) is 0 Å². The highest BCUT2D eigenvalue weighted by atomic mass is 32.2. The highest BCUT2D eigenvalue weighted by Gasteiger charge is 2.17. The molecule has 0 heterocycles. The predicted molar refractivity (Wildman–Crippen MR) is 94.0 cm³/mol. The Morgan fingerprint density at radius 3 is 2.27 bits per heavy atom. The van der Waals surface area contributed by atoms with Crippen LogP contribution in [0.2, 0.25) is 0 Å². The van der Waals surface area contributed by atoms with Gasteiger partial charge in [-0.05, 0) is 24.1 Å². The maximum Gasteiger partial charge on any atom is 0.210 e. The summed E-state index contributed by atoms with van der Waals surface area (Å²) in [7, 11) is 0. The molecule has 1 amide bonds. The van der Waals surface area contributed by atoms with Crippen LogP contribution in [-0.2, 0) is 4.79 Å². The van der Waals surface area contributed by atoms with Crippen LogP contribution in [0.4, 0.5) is 0 Å². The van der Waals surface area contributed by atoms with Crippen molar-refractivity contribution in [3.63, 3.8) is 0 Å². The van der Waals surface area contributed by atoms with Gasteiger partial charge in [0.15, 0.2) is 0 Å². The van der Waals surface area contributed by atoms with E-state index < -0.39 is 0 Å². The first-order valence-corrected chi connectivity index (χ1v) is 8.77. The van der Waals surface area contributed by atoms with Crippen molar-refractivity contribution in [2.24, 2.45) is 0 Å². The van der Waals surface area contributed by atoms with Crippen LogP contribution in [0.15, 0.2) is 65.6 Å². The van der Waals surface area contributed by atoms with E-state index in [1.165, 1.54) is 10.5 Å². The van der Waals surface area contributed by atoms with Gasteiger partial charge in [-0.2, -0.15) is 0 Å². The molecular formula is C19H23NOS. The van der Waals surface area contributed by atoms with E-state index in [1.54, 1.807) is 11.8 Å². The van der Waals surface area contributed by atoms with E-state index in [-0.39, 0.29) is 6.04 Å². The first kappa shape index (κ1) is 16.6. The van der Waals surface area contributed by atoms with Crippen molar-refractivity contribution in [1.82, 2.24) is 4.90 Å². The van der Waals surface area contributed by atoms with Crippen LogP contribution in [0.3, 0.4) is 0 Å². The Morgan fingerprint density at radius 2 is 1.68 bits per heavy atom. The van der Waals surface area contributed by atoms with E-state index in [0.29, 0.717) is 0 Å². The standard InChI is InChI=1S/C19H23NOS/c1-2-9-19(17-10-5-3-6-11-17)20(16-21)14-15-22-18-12-7-4-8-13-18/h3-8,10-13,16,19H,2,9,14-15H2,1H3. The number of nitrogens with zero attached hydrogens (tertiary/aromatic N) is 1. The van der Waals surface area contributed by atoms with Gasteiger partial charge in [0.2, 0.25) is 6.41 Å². The maximum absolute atomic E-state index is 11.6. The number of thioether (sulfide) groups is 1. The van der Waals surface area contributed by atoms with Gasteiger partial charge in [-0.25, -0.2) is 0 Å². The number of carbonyl (C=O) groups excluding carboxylic acids is 1. The Labute approximate surface area is 137 Å². The summed E-state index contributed by atoms with van der Waals surface area (Å²) in [6.45, 7) is 2.93. The SMILES string of the molecule is CCCC(c1ccccc1)N(C=O)CCSc1ccccc1. The van der Waals surface area contributed by atoms with E-state index >= 15 is 0 Å². The summed E-state index contributed by atoms with van der Waals surface area (Å²) >= 11 is 1.79. The van der Waals surface area contributed by atoms with Gasteiger partial charge in [0.05, 0.1) is 6.04 Å². The molecule has 0 saturated heterocycles. The van der Waals surface area contributed by atoms with Crippen LogP contribution in [0.5, 0.6) is 0 Å². The molecule has 1 atom stereocenters. The quantitative estimate of drug-likeness (QED) is 0.490. The number of benzene rings is 2. The number of amides is 1. The Bertz CT molecular complexity index is 544. The van der Waals surface area contributed by atoms with Gasteiger partial charge in [-0.1, -0.05) is 61.9 Å². The molecule has 0 saturated carbocycles. The Kier molecular flexibility index (Phi) is 7.04. The van der Waals surface area contributed by atoms with Gasteiger partial charge in [-0.3, -0.25) is 4.79 Å². The molecule has 116 valence electrons. The lowest BCUT2D eigenvalue weighted by atomic mass is 10.0. The zero-order valence-electron chi connectivity index (χ0n) is 13.0. The second-order valence-electron chi connectivity index (χ2n) is 5.22. The lowest BCUT2D eigenvalue weighted by molar-refractivity contribution is -0.120. The summed E-state index contributed by atoms with van der Waals surface area (Å²) in [5.41, 5.74) is 1.22. The van der Waals surface area contributed by atoms with Crippen molar-refractivity contribution in [1.29, 1.82) is 0 Å². The van der Waals surface area contributed by atoms with Crippen LogP contribution < -0.4 is 0 Å². The number of hydrogen-bond acceptors (Lipinski definition) is 2. The van der Waals surface area contributed by atoms with Crippen molar-refractivity contribution in [3.05, 3.63) is 66.2 Å². The molecular weight excluding hydrogens is 290 g/mol. The van der Waals surface area contributed by atoms with E-state index in [9.17, 15) is 4.79 Å². The summed E-state index contributed by atoms with van der Waals surface area (Å²) in [5, 5.41) is 0. The lowest BCUT2D eigenvalue weighted by Crippen LogP contribution is -2.29. The molecule has 0 aliphatic carbocycles. The average molecular weight is 313 g/mol. The maximum atomic E-state index is 11.6. The van der Waals surface area contributed by atoms with Crippen molar-refractivity contribution >= 4 is 18.2 Å². The molecule has 1 unspecified atom stereocenters. The lowest BCUT2D eigenvalue weighted by Gasteiger charge is -2.28. The fourth-order valence-electron chi connectivity index (χ4n) is 2.54. The molecule has 0 aromatic heterocycles. The molecule has 3 heteroatoms. The monoisotopic (exact) mass is 313 g/mol. The minimum Gasteiger partial charge on any atom is -0.337 e. The zero-order chi connectivity index (χ0) is 15.6. The van der Waals surface area contributed by atoms with Crippen molar-refractivity contribution in [2.75, 3.05) is 12.3 Å². The fourth-order valence-corrected chi connectivity index (χ4v) is 3.43. The molecule has 0 N–H and O–H groups in total. The second-order valence-corrected chi connectivity index (χ2v) is 6.39. The Hall–Kier alpha value is -1.74. The van der Waals surface area contributed by atoms with Crippen LogP contribution in [0.25, 0.3) is 0 Å². The summed E-state index contributed by atoms with van der Waals surface area (Å²) in [6, 6.07) is 20.8. The zero-order valence-corrected chi connectivity index (χ0v) is 13.8. The van der Waals surface area contributed by atoms with Crippen molar-refractivity contribution in [3.8, 4) is 0 Å². The Morgan fingerprint density at radius 1 is 1.05 bits per heavy atom. The molecule has 0 fully saturated rings. The molecule has 2 nitrogen and oxygen atoms in total. The van der Waals surface area contributed by atoms with Gasteiger partial charge >= 0.3 is 0 Å². The molecule has 2 aromatic carbocycles. The fraction of sp³-hybridized carbons (Fsp3) is 0.316. The van der Waals surface area contributed by atoms with Crippen LogP contribution in [0, 0.1) is 0 Å². The predicted octanol–water partition coefficient (Wildman–Crippen LogP) is 4.78. The summed E-state index contributed by atoms with van der Waals surface area (Å²) < 4.78 is 0. The molecule has 0 aliphatic heterocycles. The third-order valence-corrected chi connectivity index (χ3v) is 4.64. The third-order valence-electron chi connectivity index (χ3n) is 3.64. The van der Waals surface area contributed by atoms with Crippen LogP contribution in [-0.4, -0.2) is 23.6 Å². The van der Waals surface area contributed by atoms with Crippen LogP contribution in [0.1, 0.15) is 31.4 Å². The number of carbonyl (C=O) groups is 1. The topological polar surface area (TPSA) is 20.3 Å². The van der Waals surface area contributed by atoms with Crippen molar-refractivity contribution in [2.45, 2.75) is 30.7 Å². The first-order chi connectivity index (χ1) is 10.8. The molecule has 0 aliphatic rings. The molecule has 0 bridgehead atoms. The van der Waals surface area contributed by atoms with Gasteiger partial charge in [0, 0.05) is 17.2 Å². The minimum atomic E-state index is 0.181. The summed E-state index contributed by atoms with van der Waals surface area (Å²) in [6.07, 6.45) is 3.06. The van der Waals surface area contributed by atoms with Crippen LogP contribution >= 0.6 is 11.8 Å². The highest BCUT2D eigenvalue weighted by Crippen LogP contribution is 2.25. The molecule has 0 radical (unpaired) electrons. The third kappa shape index (κ3) is 4.92. The van der Waals surface area contributed by atoms with Crippen molar-refractivity contribution < 1.29 is 4.79 Å². The van der Waals surface area contributed by atoms with E-state index in [0.717, 1.165) is 31.5 Å².